The molecule has 1 aromatic rings. The van der Waals surface area contributed by atoms with Crippen molar-refractivity contribution in [2.45, 2.75) is 24.5 Å². The maximum absolute atomic E-state index is 12.1. The molecule has 0 aromatic carbocycles. The van der Waals surface area contributed by atoms with E-state index < -0.39 is 42.7 Å². The number of hydrogen-bond donors (Lipinski definition) is 3. The Bertz CT molecular complexity index is 555. The minimum Gasteiger partial charge on any atom is -0.465 e. The molecule has 1 fully saturated rings. The summed E-state index contributed by atoms with van der Waals surface area (Å²) in [4.78, 5) is 23.6. The lowest BCUT2D eigenvalue weighted by Crippen LogP contribution is -2.36. The van der Waals surface area contributed by atoms with Crippen molar-refractivity contribution in [2.75, 3.05) is 13.7 Å². The van der Waals surface area contributed by atoms with Gasteiger partial charge in [0.15, 0.2) is 6.23 Å². The van der Waals surface area contributed by atoms with Crippen LogP contribution in [-0.4, -0.2) is 57.9 Å². The Labute approximate surface area is 113 Å². The highest BCUT2D eigenvalue weighted by Crippen LogP contribution is 2.28. The molecular formula is C12H15NO7. The van der Waals surface area contributed by atoms with E-state index in [4.69, 9.17) is 9.84 Å². The number of rotatable bonds is 3. The second-order valence-electron chi connectivity index (χ2n) is 4.35. The predicted molar refractivity (Wildman–Crippen MR) is 65.1 cm³/mol. The molecular weight excluding hydrogens is 270 g/mol. The molecule has 1 aliphatic rings. The number of aliphatic hydroxyl groups is 3. The Morgan fingerprint density at radius 1 is 1.45 bits per heavy atom. The number of esters is 1. The third-order valence-corrected chi connectivity index (χ3v) is 3.17. The molecule has 1 aliphatic heterocycles. The van der Waals surface area contributed by atoms with Crippen molar-refractivity contribution in [1.82, 2.24) is 4.57 Å². The molecule has 0 amide bonds. The van der Waals surface area contributed by atoms with Crippen LogP contribution < -0.4 is 5.56 Å². The third-order valence-electron chi connectivity index (χ3n) is 3.17. The number of nitrogens with zero attached hydrogens (tertiary/aromatic N) is 1. The van der Waals surface area contributed by atoms with E-state index in [-0.39, 0.29) is 5.56 Å². The Balaban J connectivity index is 2.40. The molecule has 20 heavy (non-hydrogen) atoms. The first kappa shape index (κ1) is 14.7. The standard InChI is InChI=1S/C12H15NO7/c1-19-12(18)6-3-2-4-13(10(6)17)11-9(16)8(15)7(5-14)20-11/h2-4,7-9,11,14-16H,5H2,1H3/t7-,8?,9?,11-/m1/s1. The Hall–Kier alpha value is -1.74. The van der Waals surface area contributed by atoms with Crippen LogP contribution in [0.5, 0.6) is 0 Å². The average molecular weight is 285 g/mol. The topological polar surface area (TPSA) is 118 Å². The van der Waals surface area contributed by atoms with E-state index in [2.05, 4.69) is 4.74 Å². The highest BCUT2D eigenvalue weighted by Gasteiger charge is 2.43. The summed E-state index contributed by atoms with van der Waals surface area (Å²) >= 11 is 0. The number of methoxy groups -OCH3 is 1. The lowest BCUT2D eigenvalue weighted by molar-refractivity contribution is -0.0545. The lowest BCUT2D eigenvalue weighted by Gasteiger charge is -2.18. The summed E-state index contributed by atoms with van der Waals surface area (Å²) in [5, 5.41) is 28.5. The SMILES string of the molecule is COC(=O)c1cccn([C@@H]2O[C@H](CO)C(O)C2O)c1=O. The summed E-state index contributed by atoms with van der Waals surface area (Å²) < 4.78 is 10.7. The minimum atomic E-state index is -1.39. The van der Waals surface area contributed by atoms with Crippen LogP contribution in [0, 0.1) is 0 Å². The number of carbonyl (C=O) groups excluding carboxylic acids is 1. The van der Waals surface area contributed by atoms with Gasteiger partial charge < -0.3 is 24.8 Å². The number of aliphatic hydroxyl groups excluding tert-OH is 3. The van der Waals surface area contributed by atoms with Gasteiger partial charge in [-0.05, 0) is 12.1 Å². The number of hydrogen-bond acceptors (Lipinski definition) is 7. The second kappa shape index (κ2) is 5.71. The van der Waals surface area contributed by atoms with Gasteiger partial charge >= 0.3 is 5.97 Å². The van der Waals surface area contributed by atoms with Gasteiger partial charge in [0, 0.05) is 6.20 Å². The molecule has 0 radical (unpaired) electrons. The Kier molecular flexibility index (Phi) is 4.19. The normalized spacial score (nSPS) is 29.4. The zero-order valence-electron chi connectivity index (χ0n) is 10.7. The van der Waals surface area contributed by atoms with Crippen LogP contribution in [0.15, 0.2) is 23.1 Å². The molecule has 2 unspecified atom stereocenters. The number of pyridine rings is 1. The van der Waals surface area contributed by atoms with Gasteiger partial charge in [-0.3, -0.25) is 9.36 Å². The molecule has 2 heterocycles. The van der Waals surface area contributed by atoms with E-state index >= 15 is 0 Å². The third kappa shape index (κ3) is 2.34. The van der Waals surface area contributed by atoms with E-state index in [1.807, 2.05) is 0 Å². The van der Waals surface area contributed by atoms with Crippen molar-refractivity contribution < 1.29 is 29.6 Å². The number of carbonyl (C=O) groups is 1. The molecule has 2 rings (SSSR count). The van der Waals surface area contributed by atoms with Gasteiger partial charge in [0.25, 0.3) is 5.56 Å². The monoisotopic (exact) mass is 285 g/mol. The van der Waals surface area contributed by atoms with Crippen molar-refractivity contribution in [2.24, 2.45) is 0 Å². The molecule has 3 N–H and O–H groups in total. The average Bonchev–Trinajstić information content (AvgIpc) is 2.74. The van der Waals surface area contributed by atoms with Gasteiger partial charge in [0.2, 0.25) is 0 Å². The van der Waals surface area contributed by atoms with E-state index in [9.17, 15) is 19.8 Å². The van der Waals surface area contributed by atoms with Crippen LogP contribution in [0.25, 0.3) is 0 Å². The molecule has 0 aliphatic carbocycles. The predicted octanol–water partition coefficient (Wildman–Crippen LogP) is -1.75. The van der Waals surface area contributed by atoms with E-state index in [0.29, 0.717) is 0 Å². The van der Waals surface area contributed by atoms with Crippen molar-refractivity contribution >= 4 is 5.97 Å². The molecule has 1 saturated heterocycles. The van der Waals surface area contributed by atoms with Crippen LogP contribution in [0.3, 0.4) is 0 Å². The van der Waals surface area contributed by atoms with Crippen LogP contribution in [0.4, 0.5) is 0 Å². The first-order chi connectivity index (χ1) is 9.51. The van der Waals surface area contributed by atoms with Crippen molar-refractivity contribution in [3.63, 3.8) is 0 Å². The number of aromatic nitrogens is 1. The van der Waals surface area contributed by atoms with Crippen molar-refractivity contribution in [1.29, 1.82) is 0 Å². The Morgan fingerprint density at radius 3 is 2.70 bits per heavy atom. The summed E-state index contributed by atoms with van der Waals surface area (Å²) in [7, 11) is 1.14. The van der Waals surface area contributed by atoms with Gasteiger partial charge in [-0.1, -0.05) is 0 Å². The fourth-order valence-electron chi connectivity index (χ4n) is 2.09. The summed E-state index contributed by atoms with van der Waals surface area (Å²) in [6.07, 6.45) is -3.57. The first-order valence-corrected chi connectivity index (χ1v) is 5.93. The molecule has 0 saturated carbocycles. The van der Waals surface area contributed by atoms with Crippen molar-refractivity contribution in [3.05, 3.63) is 34.2 Å². The molecule has 4 atom stereocenters. The van der Waals surface area contributed by atoms with Crippen LogP contribution >= 0.6 is 0 Å². The van der Waals surface area contributed by atoms with Crippen LogP contribution in [0.2, 0.25) is 0 Å². The molecule has 8 nitrogen and oxygen atoms in total. The molecule has 110 valence electrons. The molecule has 0 bridgehead atoms. The number of ether oxygens (including phenoxy) is 2. The second-order valence-corrected chi connectivity index (χ2v) is 4.35. The Morgan fingerprint density at radius 2 is 2.15 bits per heavy atom. The van der Waals surface area contributed by atoms with Crippen molar-refractivity contribution in [3.8, 4) is 0 Å². The quantitative estimate of drug-likeness (QED) is 0.563. The van der Waals surface area contributed by atoms with Crippen LogP contribution in [0.1, 0.15) is 16.6 Å². The zero-order valence-corrected chi connectivity index (χ0v) is 10.7. The fourth-order valence-corrected chi connectivity index (χ4v) is 2.09. The molecule has 1 aromatic heterocycles. The maximum atomic E-state index is 12.1. The lowest BCUT2D eigenvalue weighted by atomic mass is 10.1. The summed E-state index contributed by atoms with van der Waals surface area (Å²) in [6, 6.07) is 2.70. The van der Waals surface area contributed by atoms with E-state index in [1.165, 1.54) is 18.3 Å². The summed E-state index contributed by atoms with van der Waals surface area (Å²) in [5.41, 5.74) is -0.929. The van der Waals surface area contributed by atoms with Gasteiger partial charge in [-0.25, -0.2) is 4.79 Å². The van der Waals surface area contributed by atoms with Crippen LogP contribution in [-0.2, 0) is 9.47 Å². The van der Waals surface area contributed by atoms with Gasteiger partial charge in [0.05, 0.1) is 13.7 Å². The van der Waals surface area contributed by atoms with Gasteiger partial charge in [-0.2, -0.15) is 0 Å². The smallest absolute Gasteiger partial charge is 0.343 e. The molecule has 0 spiro atoms. The van der Waals surface area contributed by atoms with Gasteiger partial charge in [-0.15, -0.1) is 0 Å². The molecule has 8 heteroatoms. The highest BCUT2D eigenvalue weighted by atomic mass is 16.6. The zero-order chi connectivity index (χ0) is 14.9. The summed E-state index contributed by atoms with van der Waals surface area (Å²) in [6.45, 7) is -0.500. The fraction of sp³-hybridized carbons (Fsp3) is 0.500. The highest BCUT2D eigenvalue weighted by molar-refractivity contribution is 5.88. The summed E-state index contributed by atoms with van der Waals surface area (Å²) in [5.74, 6) is -0.809. The maximum Gasteiger partial charge on any atom is 0.343 e. The first-order valence-electron chi connectivity index (χ1n) is 5.93. The largest absolute Gasteiger partial charge is 0.465 e. The van der Waals surface area contributed by atoms with E-state index in [1.54, 1.807) is 0 Å². The van der Waals surface area contributed by atoms with E-state index in [0.717, 1.165) is 11.7 Å². The van der Waals surface area contributed by atoms with Gasteiger partial charge in [0.1, 0.15) is 23.9 Å². The minimum absolute atomic E-state index is 0.215.